The Morgan fingerprint density at radius 1 is 1.24 bits per heavy atom. The Bertz CT molecular complexity index is 1080. The third-order valence-electron chi connectivity index (χ3n) is 5.17. The minimum absolute atomic E-state index is 0.0571. The Hall–Kier alpha value is -3.39. The number of nitrogens with two attached hydrogens (primary N) is 1. The zero-order valence-corrected chi connectivity index (χ0v) is 18.2. The normalized spacial score (nSPS) is 23.4. The first-order valence-electron chi connectivity index (χ1n) is 9.77. The van der Waals surface area contributed by atoms with Gasteiger partial charge in [-0.2, -0.15) is 13.2 Å². The third-order valence-corrected chi connectivity index (χ3v) is 6.49. The number of carboxylic acids is 2. The summed E-state index contributed by atoms with van der Waals surface area (Å²) in [5.74, 6) is -4.02. The van der Waals surface area contributed by atoms with Gasteiger partial charge in [-0.3, -0.25) is 19.5 Å². The van der Waals surface area contributed by atoms with Gasteiger partial charge in [0.1, 0.15) is 17.1 Å². The molecule has 2 saturated heterocycles. The summed E-state index contributed by atoms with van der Waals surface area (Å²) in [5, 5.41) is 16.4. The van der Waals surface area contributed by atoms with E-state index in [9.17, 15) is 32.7 Å². The summed E-state index contributed by atoms with van der Waals surface area (Å²) in [7, 11) is 0. The molecule has 1 aromatic heterocycles. The number of aromatic nitrogens is 1. The SMILES string of the molecule is N[C@@H]1C(=O)N2C(C(=O)O)=C(/C=C3\CCN(Cc4ccncc4)C3=O)CS[C@H]12.O=C(O)C(F)(F)F. The maximum absolute atomic E-state index is 12.7. The van der Waals surface area contributed by atoms with Crippen LogP contribution in [0.1, 0.15) is 12.0 Å². The third kappa shape index (κ3) is 5.22. The zero-order valence-electron chi connectivity index (χ0n) is 17.4. The summed E-state index contributed by atoms with van der Waals surface area (Å²) in [5.41, 5.74) is 7.73. The number of amides is 2. The molecule has 0 unspecified atom stereocenters. The van der Waals surface area contributed by atoms with Crippen LogP contribution in [-0.2, 0) is 25.7 Å². The van der Waals surface area contributed by atoms with Crippen molar-refractivity contribution >= 4 is 35.5 Å². The second kappa shape index (κ2) is 9.85. The predicted octanol–water partition coefficient (Wildman–Crippen LogP) is 0.955. The van der Waals surface area contributed by atoms with Crippen LogP contribution in [0.2, 0.25) is 0 Å². The van der Waals surface area contributed by atoms with E-state index in [0.29, 0.717) is 36.4 Å². The van der Waals surface area contributed by atoms with Gasteiger partial charge >= 0.3 is 18.1 Å². The number of carboxylic acid groups (broad SMARTS) is 2. The van der Waals surface area contributed by atoms with Gasteiger partial charge in [0.2, 0.25) is 11.8 Å². The van der Waals surface area contributed by atoms with E-state index in [1.54, 1.807) is 23.4 Å². The van der Waals surface area contributed by atoms with E-state index in [4.69, 9.17) is 15.6 Å². The number of thioether (sulfide) groups is 1. The van der Waals surface area contributed by atoms with Crippen LogP contribution in [0, 0.1) is 0 Å². The number of nitrogens with zero attached hydrogens (tertiary/aromatic N) is 3. The van der Waals surface area contributed by atoms with Gasteiger partial charge in [0.05, 0.1) is 0 Å². The Morgan fingerprint density at radius 2 is 1.85 bits per heavy atom. The molecule has 0 bridgehead atoms. The van der Waals surface area contributed by atoms with Gasteiger partial charge < -0.3 is 20.8 Å². The van der Waals surface area contributed by atoms with Crippen molar-refractivity contribution in [3.05, 3.63) is 53.0 Å². The average molecular weight is 500 g/mol. The molecule has 3 aliphatic heterocycles. The number of fused-ring (bicyclic) bond motifs is 1. The van der Waals surface area contributed by atoms with Crippen molar-refractivity contribution in [1.29, 1.82) is 0 Å². The molecule has 10 nitrogen and oxygen atoms in total. The van der Waals surface area contributed by atoms with Crippen molar-refractivity contribution in [1.82, 2.24) is 14.8 Å². The highest BCUT2D eigenvalue weighted by molar-refractivity contribution is 8.00. The first-order valence-corrected chi connectivity index (χ1v) is 10.8. The fourth-order valence-corrected chi connectivity index (χ4v) is 4.77. The van der Waals surface area contributed by atoms with E-state index in [1.165, 1.54) is 16.7 Å². The number of halogens is 3. The highest BCUT2D eigenvalue weighted by Crippen LogP contribution is 2.40. The molecule has 0 saturated carbocycles. The molecule has 4 N–H and O–H groups in total. The van der Waals surface area contributed by atoms with Gasteiger partial charge in [0, 0.05) is 36.8 Å². The number of hydrogen-bond donors (Lipinski definition) is 3. The van der Waals surface area contributed by atoms with Gasteiger partial charge in [-0.1, -0.05) is 0 Å². The Kier molecular flexibility index (Phi) is 7.31. The van der Waals surface area contributed by atoms with Crippen LogP contribution in [0.4, 0.5) is 13.2 Å². The monoisotopic (exact) mass is 500 g/mol. The molecule has 4 rings (SSSR count). The van der Waals surface area contributed by atoms with Crippen LogP contribution in [0.15, 0.2) is 47.4 Å². The van der Waals surface area contributed by atoms with Crippen molar-refractivity contribution in [2.24, 2.45) is 5.73 Å². The second-order valence-electron chi connectivity index (χ2n) is 7.42. The summed E-state index contributed by atoms with van der Waals surface area (Å²) in [4.78, 5) is 52.3. The lowest BCUT2D eigenvalue weighted by molar-refractivity contribution is -0.192. The lowest BCUT2D eigenvalue weighted by atomic mass is 10.0. The molecule has 0 aromatic carbocycles. The number of β-lactam (4-membered cyclic amide) rings is 1. The predicted molar refractivity (Wildman–Crippen MR) is 112 cm³/mol. The molecule has 2 atom stereocenters. The van der Waals surface area contributed by atoms with Crippen LogP contribution in [0.3, 0.4) is 0 Å². The van der Waals surface area contributed by atoms with Crippen molar-refractivity contribution in [2.45, 2.75) is 30.6 Å². The van der Waals surface area contributed by atoms with Gasteiger partial charge in [0.25, 0.3) is 0 Å². The van der Waals surface area contributed by atoms with E-state index >= 15 is 0 Å². The molecule has 182 valence electrons. The van der Waals surface area contributed by atoms with Crippen molar-refractivity contribution < 1.29 is 42.6 Å². The van der Waals surface area contributed by atoms with Crippen molar-refractivity contribution in [3.63, 3.8) is 0 Å². The molecule has 0 spiro atoms. The summed E-state index contributed by atoms with van der Waals surface area (Å²) >= 11 is 1.42. The lowest BCUT2D eigenvalue weighted by Crippen LogP contribution is -2.68. The molecule has 0 radical (unpaired) electrons. The number of aliphatic carboxylic acids is 2. The number of likely N-dealkylation sites (tertiary alicyclic amines) is 1. The number of carbonyl (C=O) groups excluding carboxylic acids is 2. The molecule has 2 amide bonds. The maximum atomic E-state index is 12.7. The fraction of sp³-hybridized carbons (Fsp3) is 0.350. The molecule has 1 aromatic rings. The molecule has 4 heterocycles. The fourth-order valence-electron chi connectivity index (χ4n) is 3.52. The topological polar surface area (TPSA) is 154 Å². The quantitative estimate of drug-likeness (QED) is 0.405. The molecule has 0 aliphatic carbocycles. The molecular weight excluding hydrogens is 481 g/mol. The first-order chi connectivity index (χ1) is 15.9. The number of hydrogen-bond acceptors (Lipinski definition) is 7. The number of carbonyl (C=O) groups is 4. The van der Waals surface area contributed by atoms with Crippen LogP contribution in [0.25, 0.3) is 0 Å². The minimum atomic E-state index is -5.08. The van der Waals surface area contributed by atoms with E-state index in [2.05, 4.69) is 4.98 Å². The lowest BCUT2D eigenvalue weighted by Gasteiger charge is -2.47. The molecule has 3 aliphatic rings. The second-order valence-corrected chi connectivity index (χ2v) is 8.52. The number of allylic oxidation sites excluding steroid dienone is 1. The van der Waals surface area contributed by atoms with Crippen LogP contribution < -0.4 is 5.73 Å². The highest BCUT2D eigenvalue weighted by atomic mass is 32.2. The van der Waals surface area contributed by atoms with Crippen LogP contribution in [-0.4, -0.2) is 78.6 Å². The van der Waals surface area contributed by atoms with E-state index in [-0.39, 0.29) is 17.0 Å². The Morgan fingerprint density at radius 3 is 2.41 bits per heavy atom. The highest BCUT2D eigenvalue weighted by Gasteiger charge is 2.51. The maximum Gasteiger partial charge on any atom is 0.490 e. The van der Waals surface area contributed by atoms with Crippen molar-refractivity contribution in [2.75, 3.05) is 12.3 Å². The first kappa shape index (κ1) is 25.2. The zero-order chi connectivity index (χ0) is 25.2. The van der Waals surface area contributed by atoms with Crippen LogP contribution >= 0.6 is 11.8 Å². The van der Waals surface area contributed by atoms with Gasteiger partial charge in [-0.15, -0.1) is 11.8 Å². The van der Waals surface area contributed by atoms with Crippen molar-refractivity contribution in [3.8, 4) is 0 Å². The van der Waals surface area contributed by atoms with Gasteiger partial charge in [-0.25, -0.2) is 9.59 Å². The summed E-state index contributed by atoms with van der Waals surface area (Å²) in [6, 6.07) is 3.05. The minimum Gasteiger partial charge on any atom is -0.477 e. The van der Waals surface area contributed by atoms with E-state index in [0.717, 1.165) is 5.56 Å². The van der Waals surface area contributed by atoms with Crippen LogP contribution in [0.5, 0.6) is 0 Å². The summed E-state index contributed by atoms with van der Waals surface area (Å²) < 4.78 is 31.7. The summed E-state index contributed by atoms with van der Waals surface area (Å²) in [6.07, 6.45) is 0.461. The molecule has 34 heavy (non-hydrogen) atoms. The van der Waals surface area contributed by atoms with Gasteiger partial charge in [-0.05, 0) is 35.8 Å². The number of alkyl halides is 3. The largest absolute Gasteiger partial charge is 0.490 e. The molecule has 14 heteroatoms. The Labute approximate surface area is 194 Å². The van der Waals surface area contributed by atoms with Gasteiger partial charge in [0.15, 0.2) is 0 Å². The molecular formula is C20H19F3N4O6S. The average Bonchev–Trinajstić information content (AvgIpc) is 3.12. The standard InChI is InChI=1S/C18H18N4O4S.C2HF3O2/c19-13-16(24)22-14(18(25)26)12(9-27-17(13)22)7-11-3-6-21(15(11)23)8-10-1-4-20-5-2-10;3-2(4,5)1(6)7/h1-2,4-5,7,13,17H,3,6,8-9,19H2,(H,25,26);(H,6,7)/b11-7+;/t13-,17-;/m1./s1. The molecule has 2 fully saturated rings. The van der Waals surface area contributed by atoms with E-state index in [1.807, 2.05) is 12.1 Å². The van der Waals surface area contributed by atoms with E-state index < -0.39 is 30.1 Å². The Balaban J connectivity index is 0.000000406. The number of pyridine rings is 1. The number of rotatable bonds is 4. The smallest absolute Gasteiger partial charge is 0.477 e. The summed E-state index contributed by atoms with van der Waals surface area (Å²) in [6.45, 7) is 1.06.